The first-order chi connectivity index (χ1) is 9.83. The summed E-state index contributed by atoms with van der Waals surface area (Å²) in [6.07, 6.45) is 3.57. The Bertz CT molecular complexity index is 588. The molecule has 2 aromatic carbocycles. The second kappa shape index (κ2) is 5.80. The fraction of sp³-hybridized carbons (Fsp3) is 0.368. The van der Waals surface area contributed by atoms with E-state index in [1.165, 1.54) is 35.1 Å². The van der Waals surface area contributed by atoms with E-state index in [0.29, 0.717) is 12.0 Å². The van der Waals surface area contributed by atoms with Gasteiger partial charge in [-0.3, -0.25) is 0 Å². The van der Waals surface area contributed by atoms with E-state index in [1.54, 1.807) is 0 Å². The zero-order valence-electron chi connectivity index (χ0n) is 12.4. The monoisotopic (exact) mass is 265 g/mol. The fourth-order valence-electron chi connectivity index (χ4n) is 3.54. The highest BCUT2D eigenvalue weighted by atomic mass is 14.9. The van der Waals surface area contributed by atoms with E-state index in [1.807, 2.05) is 0 Å². The van der Waals surface area contributed by atoms with Gasteiger partial charge in [-0.1, -0.05) is 55.5 Å². The second-order valence-electron chi connectivity index (χ2n) is 5.71. The van der Waals surface area contributed by atoms with E-state index < -0.39 is 0 Å². The molecule has 1 aliphatic carbocycles. The van der Waals surface area contributed by atoms with E-state index in [0.717, 1.165) is 6.42 Å². The van der Waals surface area contributed by atoms with Gasteiger partial charge in [-0.25, -0.2) is 0 Å². The van der Waals surface area contributed by atoms with Gasteiger partial charge in [0.05, 0.1) is 0 Å². The van der Waals surface area contributed by atoms with Gasteiger partial charge in [0.15, 0.2) is 0 Å². The van der Waals surface area contributed by atoms with Crippen LogP contribution in [0.3, 0.4) is 0 Å². The highest BCUT2D eigenvalue weighted by molar-refractivity contribution is 5.39. The van der Waals surface area contributed by atoms with Crippen molar-refractivity contribution < 1.29 is 0 Å². The van der Waals surface area contributed by atoms with Crippen LogP contribution in [0, 0.1) is 0 Å². The summed E-state index contributed by atoms with van der Waals surface area (Å²) in [5.41, 5.74) is 5.92. The molecule has 0 spiro atoms. The van der Waals surface area contributed by atoms with Crippen molar-refractivity contribution in [2.45, 2.75) is 38.1 Å². The summed E-state index contributed by atoms with van der Waals surface area (Å²) >= 11 is 0. The minimum absolute atomic E-state index is 0.421. The van der Waals surface area contributed by atoms with Crippen molar-refractivity contribution >= 4 is 0 Å². The molecule has 1 heteroatoms. The fourth-order valence-corrected chi connectivity index (χ4v) is 3.54. The third kappa shape index (κ3) is 2.38. The quantitative estimate of drug-likeness (QED) is 0.872. The maximum atomic E-state index is 3.55. The molecule has 0 fully saturated rings. The van der Waals surface area contributed by atoms with E-state index in [2.05, 4.69) is 67.8 Å². The molecule has 0 saturated carbocycles. The van der Waals surface area contributed by atoms with E-state index in [-0.39, 0.29) is 0 Å². The zero-order chi connectivity index (χ0) is 13.9. The molecule has 20 heavy (non-hydrogen) atoms. The molecule has 2 atom stereocenters. The van der Waals surface area contributed by atoms with Gasteiger partial charge < -0.3 is 5.32 Å². The first-order valence-electron chi connectivity index (χ1n) is 7.67. The largest absolute Gasteiger partial charge is 0.312 e. The van der Waals surface area contributed by atoms with Crippen molar-refractivity contribution in [3.05, 3.63) is 70.8 Å². The van der Waals surface area contributed by atoms with Gasteiger partial charge in [0.2, 0.25) is 0 Å². The van der Waals surface area contributed by atoms with Crippen LogP contribution in [0.15, 0.2) is 48.5 Å². The number of fused-ring (bicyclic) bond motifs is 1. The first-order valence-corrected chi connectivity index (χ1v) is 7.67. The van der Waals surface area contributed by atoms with Crippen LogP contribution in [0.25, 0.3) is 0 Å². The lowest BCUT2D eigenvalue weighted by Gasteiger charge is -2.25. The number of likely N-dealkylation sites (N-methyl/N-ethyl adjacent to an activating group) is 1. The second-order valence-corrected chi connectivity index (χ2v) is 5.71. The summed E-state index contributed by atoms with van der Waals surface area (Å²) in [6.45, 7) is 2.22. The van der Waals surface area contributed by atoms with Crippen molar-refractivity contribution in [2.75, 3.05) is 7.05 Å². The lowest BCUT2D eigenvalue weighted by Crippen LogP contribution is -2.22. The number of rotatable bonds is 4. The van der Waals surface area contributed by atoms with Gasteiger partial charge >= 0.3 is 0 Å². The molecular formula is C19H23N. The molecule has 1 nitrogen and oxygen atoms in total. The molecule has 0 saturated heterocycles. The van der Waals surface area contributed by atoms with Crippen molar-refractivity contribution in [1.82, 2.24) is 5.32 Å². The average molecular weight is 265 g/mol. The Morgan fingerprint density at radius 2 is 2.00 bits per heavy atom. The normalized spacial score (nSPS) is 18.8. The van der Waals surface area contributed by atoms with Crippen LogP contribution in [0.2, 0.25) is 0 Å². The molecule has 3 rings (SSSR count). The molecule has 1 aliphatic rings. The van der Waals surface area contributed by atoms with Gasteiger partial charge in [-0.05, 0) is 48.6 Å². The van der Waals surface area contributed by atoms with Crippen molar-refractivity contribution in [1.29, 1.82) is 0 Å². The van der Waals surface area contributed by atoms with Crippen LogP contribution in [0.1, 0.15) is 47.6 Å². The van der Waals surface area contributed by atoms with Crippen LogP contribution in [0.4, 0.5) is 0 Å². The Balaban J connectivity index is 1.95. The topological polar surface area (TPSA) is 12.0 Å². The van der Waals surface area contributed by atoms with Crippen LogP contribution in [0.5, 0.6) is 0 Å². The van der Waals surface area contributed by atoms with Gasteiger partial charge in [-0.2, -0.15) is 0 Å². The molecule has 0 bridgehead atoms. The minimum atomic E-state index is 0.421. The Labute approximate surface area is 122 Å². The summed E-state index contributed by atoms with van der Waals surface area (Å²) in [5, 5.41) is 3.55. The van der Waals surface area contributed by atoms with E-state index in [9.17, 15) is 0 Å². The highest BCUT2D eigenvalue weighted by Gasteiger charge is 2.29. The third-order valence-electron chi connectivity index (χ3n) is 4.61. The maximum Gasteiger partial charge on any atom is 0.0387 e. The molecule has 0 aliphatic heterocycles. The molecule has 0 radical (unpaired) electrons. The molecule has 2 unspecified atom stereocenters. The molecule has 1 N–H and O–H groups in total. The number of nitrogens with one attached hydrogen (secondary N) is 1. The Kier molecular flexibility index (Phi) is 3.88. The number of hydrogen-bond donors (Lipinski definition) is 1. The Hall–Kier alpha value is -1.60. The Morgan fingerprint density at radius 1 is 1.15 bits per heavy atom. The van der Waals surface area contributed by atoms with Crippen LogP contribution in [-0.2, 0) is 12.8 Å². The summed E-state index contributed by atoms with van der Waals surface area (Å²) in [4.78, 5) is 0. The predicted molar refractivity (Wildman–Crippen MR) is 85.1 cm³/mol. The lowest BCUT2D eigenvalue weighted by molar-refractivity contribution is 0.476. The molecule has 2 aromatic rings. The highest BCUT2D eigenvalue weighted by Crippen LogP contribution is 2.41. The zero-order valence-corrected chi connectivity index (χ0v) is 12.4. The SMILES string of the molecule is CCc1cccc(C(NC)C2CCc3ccccc32)c1. The van der Waals surface area contributed by atoms with Crippen LogP contribution >= 0.6 is 0 Å². The van der Waals surface area contributed by atoms with Crippen molar-refractivity contribution in [2.24, 2.45) is 0 Å². The molecule has 0 aromatic heterocycles. The number of benzene rings is 2. The lowest BCUT2D eigenvalue weighted by atomic mass is 9.87. The third-order valence-corrected chi connectivity index (χ3v) is 4.61. The van der Waals surface area contributed by atoms with Crippen molar-refractivity contribution in [3.8, 4) is 0 Å². The summed E-state index contributed by atoms with van der Waals surface area (Å²) in [6, 6.07) is 18.4. The minimum Gasteiger partial charge on any atom is -0.312 e. The predicted octanol–water partition coefficient (Wildman–Crippen LogP) is 4.24. The van der Waals surface area contributed by atoms with Crippen molar-refractivity contribution in [3.63, 3.8) is 0 Å². The summed E-state index contributed by atoms with van der Waals surface area (Å²) < 4.78 is 0. The molecule has 104 valence electrons. The summed E-state index contributed by atoms with van der Waals surface area (Å²) in [5.74, 6) is 0.600. The standard InChI is InChI=1S/C19H23N/c1-3-14-7-6-9-16(13-14)19(20-2)18-12-11-15-8-4-5-10-17(15)18/h4-10,13,18-20H,3,11-12H2,1-2H3. The van der Waals surface area contributed by atoms with Crippen LogP contribution < -0.4 is 5.32 Å². The smallest absolute Gasteiger partial charge is 0.0387 e. The first kappa shape index (κ1) is 13.4. The van der Waals surface area contributed by atoms with Gasteiger partial charge in [0.25, 0.3) is 0 Å². The van der Waals surface area contributed by atoms with Gasteiger partial charge in [-0.15, -0.1) is 0 Å². The summed E-state index contributed by atoms with van der Waals surface area (Å²) in [7, 11) is 2.09. The molecule has 0 amide bonds. The number of hydrogen-bond acceptors (Lipinski definition) is 1. The molecule has 0 heterocycles. The van der Waals surface area contributed by atoms with Crippen LogP contribution in [-0.4, -0.2) is 7.05 Å². The average Bonchev–Trinajstić information content (AvgIpc) is 2.93. The van der Waals surface area contributed by atoms with Gasteiger partial charge in [0, 0.05) is 12.0 Å². The Morgan fingerprint density at radius 3 is 2.80 bits per heavy atom. The number of aryl methyl sites for hydroxylation is 2. The maximum absolute atomic E-state index is 3.55. The van der Waals surface area contributed by atoms with E-state index >= 15 is 0 Å². The van der Waals surface area contributed by atoms with Gasteiger partial charge in [0.1, 0.15) is 0 Å². The molecular weight excluding hydrogens is 242 g/mol. The van der Waals surface area contributed by atoms with E-state index in [4.69, 9.17) is 0 Å².